The van der Waals surface area contributed by atoms with Gasteiger partial charge in [-0.3, -0.25) is 14.4 Å². The first kappa shape index (κ1) is 33.2. The van der Waals surface area contributed by atoms with Crippen molar-refractivity contribution in [3.63, 3.8) is 0 Å². The second-order valence-electron chi connectivity index (χ2n) is 14.0. The molecular formula is C39H37N5O8. The van der Waals surface area contributed by atoms with Crippen molar-refractivity contribution in [1.29, 1.82) is 0 Å². The quantitative estimate of drug-likeness (QED) is 0.261. The molecule has 13 nitrogen and oxygen atoms in total. The maximum Gasteiger partial charge on any atom is 0.347 e. The lowest BCUT2D eigenvalue weighted by atomic mass is 9.50. The minimum Gasteiger partial charge on any atom is -0.507 e. The highest BCUT2D eigenvalue weighted by molar-refractivity contribution is 6.13. The lowest BCUT2D eigenvalue weighted by molar-refractivity contribution is -0.139. The minimum atomic E-state index is -1.18. The molecular weight excluding hydrogens is 666 g/mol. The van der Waals surface area contributed by atoms with E-state index >= 15 is 0 Å². The summed E-state index contributed by atoms with van der Waals surface area (Å²) in [5, 5.41) is 12.1. The van der Waals surface area contributed by atoms with Crippen molar-refractivity contribution in [3.8, 4) is 17.2 Å². The number of nitrogens with zero attached hydrogens (tertiary/aromatic N) is 5. The molecule has 0 bridgehead atoms. The fraction of sp³-hybridized carbons (Fsp3) is 0.333. The van der Waals surface area contributed by atoms with Crippen LogP contribution in [0.4, 0.5) is 0 Å². The molecule has 0 spiro atoms. The predicted molar refractivity (Wildman–Crippen MR) is 192 cm³/mol. The summed E-state index contributed by atoms with van der Waals surface area (Å²) < 4.78 is 16.1. The summed E-state index contributed by atoms with van der Waals surface area (Å²) in [6.45, 7) is 3.44. The van der Waals surface area contributed by atoms with E-state index in [1.165, 1.54) is 34.2 Å². The number of phenolic OH excluding ortho intramolecular Hbond substituents is 1. The van der Waals surface area contributed by atoms with Crippen LogP contribution in [-0.4, -0.2) is 54.4 Å². The molecule has 2 aromatic heterocycles. The average Bonchev–Trinajstić information content (AvgIpc) is 3.39. The lowest BCUT2D eigenvalue weighted by Crippen LogP contribution is -2.54. The number of aromatic hydroxyl groups is 1. The van der Waals surface area contributed by atoms with Gasteiger partial charge in [-0.2, -0.15) is 0 Å². The largest absolute Gasteiger partial charge is 0.507 e. The molecule has 1 aliphatic heterocycles. The Bertz CT molecular complexity index is 2640. The molecule has 0 radical (unpaired) electrons. The van der Waals surface area contributed by atoms with Gasteiger partial charge in [0.05, 0.1) is 43.3 Å². The molecule has 0 saturated heterocycles. The zero-order valence-electron chi connectivity index (χ0n) is 29.4. The number of aryl methyl sites for hydroxylation is 2. The van der Waals surface area contributed by atoms with E-state index in [-0.39, 0.29) is 54.5 Å². The number of carbonyl (C=O) groups is 2. The number of rotatable bonds is 6. The van der Waals surface area contributed by atoms with Crippen molar-refractivity contribution in [1.82, 2.24) is 23.5 Å². The van der Waals surface area contributed by atoms with Gasteiger partial charge >= 0.3 is 11.4 Å². The van der Waals surface area contributed by atoms with Gasteiger partial charge in [-0.1, -0.05) is 43.3 Å². The summed E-state index contributed by atoms with van der Waals surface area (Å²) in [5.74, 6) is -0.790. The van der Waals surface area contributed by atoms with Crippen molar-refractivity contribution < 1.29 is 24.2 Å². The smallest absolute Gasteiger partial charge is 0.347 e. The number of ether oxygens (including phenoxy) is 2. The zero-order chi connectivity index (χ0) is 36.8. The van der Waals surface area contributed by atoms with E-state index in [2.05, 4.69) is 4.98 Å². The Kier molecular flexibility index (Phi) is 7.52. The number of phenols is 1. The molecule has 0 unspecified atom stereocenters. The van der Waals surface area contributed by atoms with Crippen LogP contribution in [0.25, 0.3) is 21.8 Å². The first-order chi connectivity index (χ1) is 24.9. The first-order valence-corrected chi connectivity index (χ1v) is 17.1. The highest BCUT2D eigenvalue weighted by Gasteiger charge is 2.59. The summed E-state index contributed by atoms with van der Waals surface area (Å²) in [6.07, 6.45) is 3.44. The molecule has 3 aromatic carbocycles. The summed E-state index contributed by atoms with van der Waals surface area (Å²) in [6, 6.07) is 13.4. The summed E-state index contributed by atoms with van der Waals surface area (Å²) in [5.41, 5.74) is 0.389. The number of carbonyl (C=O) groups excluding carboxylic acids is 2. The normalized spacial score (nSPS) is 22.4. The van der Waals surface area contributed by atoms with Gasteiger partial charge in [0.25, 0.3) is 5.56 Å². The van der Waals surface area contributed by atoms with Gasteiger partial charge in [-0.05, 0) is 47.6 Å². The van der Waals surface area contributed by atoms with E-state index in [4.69, 9.17) is 9.47 Å². The standard InChI is InChI=1S/C39H37N5O8/c1-20-16-31(46)25-17-28-24(34(39(25,2)35(20)47)23-10-11-30(45)22-9-7-6-8-21(22)23)12-15-43-37(49)42(38(50)44(28)43)14-13-26-36(48)41(3)29-19-33(52-5)32(51-4)18-27(29)40-26/h6-12,16,18-19,25,28,34,45H,13-15,17H2,1-5H3/t25-,28+,34-,39+/m0/s1. The Balaban J connectivity index is 1.23. The Morgan fingerprint density at radius 1 is 0.962 bits per heavy atom. The maximum absolute atomic E-state index is 14.3. The highest BCUT2D eigenvalue weighted by Crippen LogP contribution is 2.60. The number of allylic oxidation sites excluding steroid dienone is 4. The second kappa shape index (κ2) is 11.8. The fourth-order valence-corrected chi connectivity index (χ4v) is 8.89. The molecule has 1 saturated carbocycles. The number of ketones is 2. The molecule has 5 aromatic rings. The molecule has 2 aliphatic carbocycles. The zero-order valence-corrected chi connectivity index (χ0v) is 29.4. The Morgan fingerprint density at radius 3 is 2.40 bits per heavy atom. The molecule has 52 heavy (non-hydrogen) atoms. The molecule has 0 amide bonds. The minimum absolute atomic E-state index is 0.000941. The second-order valence-corrected chi connectivity index (χ2v) is 14.0. The highest BCUT2D eigenvalue weighted by atomic mass is 16.5. The van der Waals surface area contributed by atoms with Crippen molar-refractivity contribution in [2.75, 3.05) is 14.2 Å². The molecule has 1 fully saturated rings. The van der Waals surface area contributed by atoms with Crippen LogP contribution < -0.4 is 26.4 Å². The van der Waals surface area contributed by atoms with Gasteiger partial charge in [-0.25, -0.2) is 28.5 Å². The first-order valence-electron chi connectivity index (χ1n) is 17.1. The van der Waals surface area contributed by atoms with Crippen LogP contribution in [0.15, 0.2) is 86.2 Å². The van der Waals surface area contributed by atoms with E-state index in [9.17, 15) is 29.1 Å². The predicted octanol–water partition coefficient (Wildman–Crippen LogP) is 3.57. The van der Waals surface area contributed by atoms with Crippen molar-refractivity contribution in [2.45, 2.75) is 51.7 Å². The van der Waals surface area contributed by atoms with Gasteiger partial charge in [0.1, 0.15) is 11.4 Å². The molecule has 8 rings (SSSR count). The molecule has 13 heteroatoms. The summed E-state index contributed by atoms with van der Waals surface area (Å²) in [4.78, 5) is 74.2. The Morgan fingerprint density at radius 2 is 1.67 bits per heavy atom. The van der Waals surface area contributed by atoms with E-state index in [0.717, 1.165) is 21.1 Å². The number of benzene rings is 3. The lowest BCUT2D eigenvalue weighted by Gasteiger charge is -2.52. The van der Waals surface area contributed by atoms with Gasteiger partial charge < -0.3 is 19.1 Å². The summed E-state index contributed by atoms with van der Waals surface area (Å²) in [7, 11) is 4.62. The Labute approximate surface area is 296 Å². The van der Waals surface area contributed by atoms with Gasteiger partial charge in [0.2, 0.25) is 0 Å². The molecule has 3 heterocycles. The topological polar surface area (TPSA) is 157 Å². The van der Waals surface area contributed by atoms with Crippen LogP contribution in [0.1, 0.15) is 43.5 Å². The number of hydrogen-bond donors (Lipinski definition) is 1. The molecule has 266 valence electrons. The van der Waals surface area contributed by atoms with Crippen LogP contribution in [-0.2, 0) is 36.1 Å². The monoisotopic (exact) mass is 703 g/mol. The molecule has 1 N–H and O–H groups in total. The van der Waals surface area contributed by atoms with Crippen LogP contribution in [0.5, 0.6) is 17.2 Å². The van der Waals surface area contributed by atoms with E-state index in [1.807, 2.05) is 31.2 Å². The van der Waals surface area contributed by atoms with Crippen molar-refractivity contribution in [2.24, 2.45) is 18.4 Å². The fourth-order valence-electron chi connectivity index (χ4n) is 8.89. The number of aromatic nitrogens is 5. The van der Waals surface area contributed by atoms with Gasteiger partial charge in [-0.15, -0.1) is 0 Å². The van der Waals surface area contributed by atoms with Crippen LogP contribution in [0.2, 0.25) is 0 Å². The number of fused-ring (bicyclic) bond motifs is 6. The third kappa shape index (κ3) is 4.54. The molecule has 4 atom stereocenters. The van der Waals surface area contributed by atoms with Crippen molar-refractivity contribution >= 4 is 33.4 Å². The SMILES string of the molecule is COc1cc2nc(CCn3c(=O)n4n(c3=O)[C@@H]3C[C@H]5C(=O)C=C(C)C(=O)[C@@]5(C)[C@@H](c5ccc(O)c6ccccc56)C3=CC4)c(=O)n(C)c2cc1OC. The number of methoxy groups -OCH3 is 2. The van der Waals surface area contributed by atoms with Crippen molar-refractivity contribution in [3.05, 3.63) is 114 Å². The van der Waals surface area contributed by atoms with E-state index in [0.29, 0.717) is 33.5 Å². The van der Waals surface area contributed by atoms with E-state index < -0.39 is 34.7 Å². The van der Waals surface area contributed by atoms with Gasteiger partial charge in [0, 0.05) is 49.4 Å². The number of Topliss-reactive ketones (excluding diaryl/α,β-unsaturated/α-hetero) is 1. The van der Waals surface area contributed by atoms with Crippen LogP contribution >= 0.6 is 0 Å². The van der Waals surface area contributed by atoms with Crippen LogP contribution in [0, 0.1) is 11.3 Å². The Hall–Kier alpha value is -5.98. The van der Waals surface area contributed by atoms with Crippen LogP contribution in [0.3, 0.4) is 0 Å². The maximum atomic E-state index is 14.3. The third-order valence-corrected chi connectivity index (χ3v) is 11.5. The van der Waals surface area contributed by atoms with Gasteiger partial charge in [0.15, 0.2) is 23.1 Å². The molecule has 3 aliphatic rings. The average molecular weight is 704 g/mol. The number of hydrogen-bond acceptors (Lipinski definition) is 9. The third-order valence-electron chi connectivity index (χ3n) is 11.5. The summed E-state index contributed by atoms with van der Waals surface area (Å²) >= 11 is 0. The van der Waals surface area contributed by atoms with E-state index in [1.54, 1.807) is 44.3 Å².